The molecule has 1 aromatic heterocycles. The molecule has 24 heavy (non-hydrogen) atoms. The van der Waals surface area contributed by atoms with Crippen molar-refractivity contribution >= 4 is 35.1 Å². The molecule has 1 atom stereocenters. The number of amides is 2. The number of carbonyl (C=O) groups is 3. The minimum absolute atomic E-state index is 0.0799. The fourth-order valence-electron chi connectivity index (χ4n) is 1.72. The van der Waals surface area contributed by atoms with Crippen molar-refractivity contribution in [2.24, 2.45) is 0 Å². The first-order valence-corrected chi connectivity index (χ1v) is 7.41. The molecule has 0 fully saturated rings. The number of esters is 1. The molecule has 0 bridgehead atoms. The van der Waals surface area contributed by atoms with E-state index in [0.717, 1.165) is 0 Å². The average Bonchev–Trinajstić information content (AvgIpc) is 3.09. The van der Waals surface area contributed by atoms with E-state index in [9.17, 15) is 14.4 Å². The number of hydrogen-bond donors (Lipinski definition) is 2. The van der Waals surface area contributed by atoms with E-state index in [1.807, 2.05) is 0 Å². The number of ether oxygens (including phenoxy) is 1. The molecule has 0 aliphatic rings. The molecular formula is C16H15ClN2O5. The summed E-state index contributed by atoms with van der Waals surface area (Å²) in [5.74, 6) is -1.71. The number of nitrogens with one attached hydrogen (secondary N) is 2. The van der Waals surface area contributed by atoms with Crippen molar-refractivity contribution in [3.8, 4) is 0 Å². The molecule has 1 aromatic carbocycles. The van der Waals surface area contributed by atoms with Crippen LogP contribution in [-0.4, -0.2) is 30.4 Å². The van der Waals surface area contributed by atoms with E-state index in [0.29, 0.717) is 10.7 Å². The summed E-state index contributed by atoms with van der Waals surface area (Å²) in [7, 11) is 0. The molecule has 126 valence electrons. The zero-order valence-corrected chi connectivity index (χ0v) is 13.5. The van der Waals surface area contributed by atoms with Gasteiger partial charge in [0, 0.05) is 10.7 Å². The quantitative estimate of drug-likeness (QED) is 0.778. The summed E-state index contributed by atoms with van der Waals surface area (Å²) in [6, 6.07) is 9.51. The Labute approximate surface area is 142 Å². The molecule has 2 aromatic rings. The van der Waals surface area contributed by atoms with Gasteiger partial charge >= 0.3 is 5.97 Å². The predicted molar refractivity (Wildman–Crippen MR) is 86.7 cm³/mol. The van der Waals surface area contributed by atoms with Crippen LogP contribution < -0.4 is 10.6 Å². The third-order valence-electron chi connectivity index (χ3n) is 2.93. The average molecular weight is 351 g/mol. The molecule has 0 aliphatic heterocycles. The van der Waals surface area contributed by atoms with Crippen LogP contribution in [0.3, 0.4) is 0 Å². The standard InChI is InChI=1S/C16H15ClN2O5/c1-10(15(21)19-12-6-4-11(17)5-7-12)24-14(20)9-18-16(22)13-3-2-8-23-13/h2-8,10H,9H2,1H3,(H,18,22)(H,19,21)/t10-/m0/s1. The van der Waals surface area contributed by atoms with Gasteiger partial charge in [0.2, 0.25) is 0 Å². The lowest BCUT2D eigenvalue weighted by atomic mass is 10.3. The second-order valence-electron chi connectivity index (χ2n) is 4.79. The van der Waals surface area contributed by atoms with Crippen LogP contribution in [-0.2, 0) is 14.3 Å². The van der Waals surface area contributed by atoms with Gasteiger partial charge in [0.05, 0.1) is 6.26 Å². The van der Waals surface area contributed by atoms with Crippen molar-refractivity contribution in [1.29, 1.82) is 0 Å². The maximum absolute atomic E-state index is 11.9. The van der Waals surface area contributed by atoms with Gasteiger partial charge in [0.25, 0.3) is 11.8 Å². The summed E-state index contributed by atoms with van der Waals surface area (Å²) in [5, 5.41) is 5.46. The van der Waals surface area contributed by atoms with Crippen molar-refractivity contribution in [2.45, 2.75) is 13.0 Å². The monoisotopic (exact) mass is 350 g/mol. The van der Waals surface area contributed by atoms with E-state index < -0.39 is 23.9 Å². The van der Waals surface area contributed by atoms with Crippen LogP contribution in [0.15, 0.2) is 47.1 Å². The predicted octanol–water partition coefficient (Wildman–Crippen LogP) is 2.23. The molecule has 8 heteroatoms. The van der Waals surface area contributed by atoms with Crippen molar-refractivity contribution in [1.82, 2.24) is 5.32 Å². The zero-order chi connectivity index (χ0) is 17.5. The number of rotatable bonds is 6. The Morgan fingerprint density at radius 1 is 1.21 bits per heavy atom. The van der Waals surface area contributed by atoms with Crippen LogP contribution in [0.2, 0.25) is 5.02 Å². The van der Waals surface area contributed by atoms with Gasteiger partial charge < -0.3 is 19.8 Å². The molecule has 2 N–H and O–H groups in total. The summed E-state index contributed by atoms with van der Waals surface area (Å²) >= 11 is 5.75. The van der Waals surface area contributed by atoms with Crippen molar-refractivity contribution < 1.29 is 23.5 Å². The van der Waals surface area contributed by atoms with E-state index in [2.05, 4.69) is 10.6 Å². The molecule has 0 unspecified atom stereocenters. The summed E-state index contributed by atoms with van der Waals surface area (Å²) in [6.07, 6.45) is 0.324. The first kappa shape index (κ1) is 17.6. The molecule has 7 nitrogen and oxygen atoms in total. The Balaban J connectivity index is 1.77. The minimum Gasteiger partial charge on any atom is -0.459 e. The van der Waals surface area contributed by atoms with Crippen LogP contribution >= 0.6 is 11.6 Å². The van der Waals surface area contributed by atoms with Gasteiger partial charge in [0.15, 0.2) is 11.9 Å². The fraction of sp³-hybridized carbons (Fsp3) is 0.188. The molecule has 1 heterocycles. The van der Waals surface area contributed by atoms with Gasteiger partial charge in [-0.3, -0.25) is 14.4 Å². The van der Waals surface area contributed by atoms with E-state index in [4.69, 9.17) is 20.8 Å². The number of halogens is 1. The normalized spacial score (nSPS) is 11.4. The number of anilines is 1. The fourth-order valence-corrected chi connectivity index (χ4v) is 1.84. The molecule has 2 rings (SSSR count). The summed E-state index contributed by atoms with van der Waals surface area (Å²) < 4.78 is 9.84. The Kier molecular flexibility index (Phi) is 5.97. The maximum Gasteiger partial charge on any atom is 0.326 e. The third-order valence-corrected chi connectivity index (χ3v) is 3.18. The highest BCUT2D eigenvalue weighted by molar-refractivity contribution is 6.30. The van der Waals surface area contributed by atoms with Gasteiger partial charge in [-0.1, -0.05) is 11.6 Å². The van der Waals surface area contributed by atoms with Gasteiger partial charge in [-0.15, -0.1) is 0 Å². The Morgan fingerprint density at radius 2 is 1.92 bits per heavy atom. The Morgan fingerprint density at radius 3 is 2.54 bits per heavy atom. The Hall–Kier alpha value is -2.80. The van der Waals surface area contributed by atoms with Gasteiger partial charge in [0.1, 0.15) is 6.54 Å². The first-order valence-electron chi connectivity index (χ1n) is 7.03. The second-order valence-corrected chi connectivity index (χ2v) is 5.22. The lowest BCUT2D eigenvalue weighted by molar-refractivity contribution is -0.152. The molecular weight excluding hydrogens is 336 g/mol. The third kappa shape index (κ3) is 5.13. The molecule has 0 spiro atoms. The topological polar surface area (TPSA) is 97.6 Å². The summed E-state index contributed by atoms with van der Waals surface area (Å²) in [4.78, 5) is 35.2. The van der Waals surface area contributed by atoms with Crippen molar-refractivity contribution in [3.63, 3.8) is 0 Å². The van der Waals surface area contributed by atoms with Gasteiger partial charge in [-0.2, -0.15) is 0 Å². The molecule has 0 radical (unpaired) electrons. The largest absolute Gasteiger partial charge is 0.459 e. The highest BCUT2D eigenvalue weighted by Gasteiger charge is 2.19. The molecule has 0 saturated carbocycles. The highest BCUT2D eigenvalue weighted by Crippen LogP contribution is 2.13. The molecule has 0 saturated heterocycles. The van der Waals surface area contributed by atoms with Crippen molar-refractivity contribution in [2.75, 3.05) is 11.9 Å². The second kappa shape index (κ2) is 8.16. The van der Waals surface area contributed by atoms with Gasteiger partial charge in [-0.05, 0) is 43.3 Å². The number of carbonyl (C=O) groups excluding carboxylic acids is 3. The van der Waals surface area contributed by atoms with Crippen LogP contribution in [0, 0.1) is 0 Å². The summed E-state index contributed by atoms with van der Waals surface area (Å²) in [6.45, 7) is 1.05. The van der Waals surface area contributed by atoms with Crippen molar-refractivity contribution in [3.05, 3.63) is 53.4 Å². The SMILES string of the molecule is C[C@H](OC(=O)CNC(=O)c1ccco1)C(=O)Nc1ccc(Cl)cc1. The molecule has 2 amide bonds. The highest BCUT2D eigenvalue weighted by atomic mass is 35.5. The van der Waals surface area contributed by atoms with Crippen LogP contribution in [0.25, 0.3) is 0 Å². The van der Waals surface area contributed by atoms with Crippen LogP contribution in [0.5, 0.6) is 0 Å². The minimum atomic E-state index is -1.02. The van der Waals surface area contributed by atoms with Gasteiger partial charge in [-0.25, -0.2) is 0 Å². The number of hydrogen-bond acceptors (Lipinski definition) is 5. The maximum atomic E-state index is 11.9. The van der Waals surface area contributed by atoms with Crippen LogP contribution in [0.1, 0.15) is 17.5 Å². The first-order chi connectivity index (χ1) is 11.5. The lowest BCUT2D eigenvalue weighted by Crippen LogP contribution is -2.35. The van der Waals surface area contributed by atoms with E-state index in [1.165, 1.54) is 19.3 Å². The van der Waals surface area contributed by atoms with E-state index in [1.54, 1.807) is 30.3 Å². The molecule has 0 aliphatic carbocycles. The Bertz CT molecular complexity index is 713. The number of benzene rings is 1. The summed E-state index contributed by atoms with van der Waals surface area (Å²) in [5.41, 5.74) is 0.526. The smallest absolute Gasteiger partial charge is 0.326 e. The van der Waals surface area contributed by atoms with E-state index >= 15 is 0 Å². The van der Waals surface area contributed by atoms with Crippen LogP contribution in [0.4, 0.5) is 5.69 Å². The lowest BCUT2D eigenvalue weighted by Gasteiger charge is -2.13. The van der Waals surface area contributed by atoms with E-state index in [-0.39, 0.29) is 12.3 Å². The zero-order valence-electron chi connectivity index (χ0n) is 12.7. The number of furan rings is 1.